The molecule has 0 aliphatic rings. The minimum Gasteiger partial charge on any atom is -0.542 e. The van der Waals surface area contributed by atoms with Crippen LogP contribution in [0.3, 0.4) is 0 Å². The largest absolute Gasteiger partial charge is 0.542 e. The van der Waals surface area contributed by atoms with Gasteiger partial charge in [0, 0.05) is 5.69 Å². The first-order valence-electron chi connectivity index (χ1n) is 8.53. The van der Waals surface area contributed by atoms with Crippen molar-refractivity contribution in [2.75, 3.05) is 11.9 Å². The van der Waals surface area contributed by atoms with Crippen molar-refractivity contribution >= 4 is 39.4 Å². The number of sulfonamides is 1. The monoisotopic (exact) mass is 490 g/mol. The van der Waals surface area contributed by atoms with Crippen molar-refractivity contribution in [2.24, 2.45) is 5.73 Å². The van der Waals surface area contributed by atoms with Crippen LogP contribution in [0.25, 0.3) is 0 Å². The topological polar surface area (TPSA) is 204 Å². The van der Waals surface area contributed by atoms with E-state index in [1.54, 1.807) is 6.07 Å². The molecule has 0 saturated heterocycles. The van der Waals surface area contributed by atoms with E-state index in [0.717, 1.165) is 0 Å². The van der Waals surface area contributed by atoms with E-state index in [2.05, 4.69) is 10.0 Å². The molecule has 2 rings (SSSR count). The number of carbonyl (C=O) groups excluding carboxylic acids is 2. The highest BCUT2D eigenvalue weighted by atomic mass is 32.2. The average Bonchev–Trinajstić information content (AvgIpc) is 2.72. The van der Waals surface area contributed by atoms with Crippen molar-refractivity contribution in [3.8, 4) is 0 Å². The first-order chi connectivity index (χ1) is 15.1. The van der Waals surface area contributed by atoms with Gasteiger partial charge in [0.15, 0.2) is 0 Å². The van der Waals surface area contributed by atoms with Gasteiger partial charge in [-0.25, -0.2) is 17.9 Å². The van der Waals surface area contributed by atoms with E-state index in [-0.39, 0.29) is 16.3 Å². The van der Waals surface area contributed by atoms with Gasteiger partial charge in [-0.05, 0) is 42.5 Å². The van der Waals surface area contributed by atoms with Gasteiger partial charge in [-0.15, -0.1) is 0 Å². The molecular weight excluding hydrogens is 473 g/mol. The maximum Gasteiger partial charge on any atom is 0.430 e. The van der Waals surface area contributed by atoms with Crippen LogP contribution < -0.4 is 26.3 Å². The van der Waals surface area contributed by atoms with Crippen molar-refractivity contribution in [1.82, 2.24) is 4.72 Å². The van der Waals surface area contributed by atoms with Crippen LogP contribution in [0.1, 0.15) is 15.9 Å². The van der Waals surface area contributed by atoms with E-state index in [9.17, 15) is 31.2 Å². The summed E-state index contributed by atoms with van der Waals surface area (Å²) >= 11 is 0. The fourth-order valence-corrected chi connectivity index (χ4v) is 3.02. The number of nitrogens with two attached hydrogens (primary N) is 2. The number of rotatable bonds is 7. The Balaban J connectivity index is 0.000000675. The Morgan fingerprint density at radius 1 is 1.06 bits per heavy atom. The van der Waals surface area contributed by atoms with E-state index in [1.807, 2.05) is 0 Å². The van der Waals surface area contributed by atoms with Gasteiger partial charge < -0.3 is 20.3 Å². The van der Waals surface area contributed by atoms with Gasteiger partial charge in [0.2, 0.25) is 15.9 Å². The average molecular weight is 490 g/mol. The predicted octanol–water partition coefficient (Wildman–Crippen LogP) is -1.94. The molecule has 0 unspecified atom stereocenters. The zero-order valence-electron chi connectivity index (χ0n) is 16.4. The Bertz CT molecular complexity index is 1150. The van der Waals surface area contributed by atoms with Crippen molar-refractivity contribution in [1.29, 1.82) is 0 Å². The van der Waals surface area contributed by atoms with Crippen LogP contribution in [0.2, 0.25) is 0 Å². The maximum absolute atomic E-state index is 12.2. The minimum atomic E-state index is -5.19. The van der Waals surface area contributed by atoms with Gasteiger partial charge in [0.1, 0.15) is 5.97 Å². The summed E-state index contributed by atoms with van der Waals surface area (Å²) in [5.74, 6) is -4.73. The number of carbonyl (C=O) groups is 3. The molecule has 0 atom stereocenters. The lowest BCUT2D eigenvalue weighted by Crippen LogP contribution is -2.46. The second-order valence-corrected chi connectivity index (χ2v) is 7.79. The molecule has 7 N–H and O–H groups in total. The lowest BCUT2D eigenvalue weighted by molar-refractivity contribution is -0.344. The zero-order chi connectivity index (χ0) is 25.4. The number of amidine groups is 1. The normalized spacial score (nSPS) is 11.0. The third kappa shape index (κ3) is 8.96. The van der Waals surface area contributed by atoms with Crippen LogP contribution >= 0.6 is 0 Å². The molecule has 1 amide bonds. The fourth-order valence-electron chi connectivity index (χ4n) is 1.99. The highest BCUT2D eigenvalue weighted by molar-refractivity contribution is 7.89. The zero-order valence-corrected chi connectivity index (χ0v) is 17.2. The summed E-state index contributed by atoms with van der Waals surface area (Å²) in [6.45, 7) is -0.505. The van der Waals surface area contributed by atoms with Crippen LogP contribution in [0.4, 0.5) is 18.9 Å². The smallest absolute Gasteiger partial charge is 0.430 e. The number of carboxylic acid groups (broad SMARTS) is 2. The van der Waals surface area contributed by atoms with Gasteiger partial charge >= 0.3 is 12.1 Å². The number of amides is 1. The van der Waals surface area contributed by atoms with Gasteiger partial charge in [-0.2, -0.15) is 13.2 Å². The molecule has 0 heterocycles. The number of benzene rings is 2. The molecule has 178 valence electrons. The van der Waals surface area contributed by atoms with Crippen LogP contribution in [-0.2, 0) is 19.6 Å². The molecule has 0 aliphatic heterocycles. The number of aliphatic carboxylic acids is 1. The molecule has 0 radical (unpaired) electrons. The quantitative estimate of drug-likeness (QED) is 0.218. The Morgan fingerprint density at radius 3 is 2.06 bits per heavy atom. The molecule has 33 heavy (non-hydrogen) atoms. The molecule has 0 saturated carbocycles. The Hall–Kier alpha value is -3.98. The maximum atomic E-state index is 12.2. The highest BCUT2D eigenvalue weighted by Gasteiger charge is 2.28. The summed E-state index contributed by atoms with van der Waals surface area (Å²) < 4.78 is 58.2. The van der Waals surface area contributed by atoms with Gasteiger partial charge in [-0.1, -0.05) is 6.07 Å². The van der Waals surface area contributed by atoms with E-state index >= 15 is 0 Å². The second-order valence-electron chi connectivity index (χ2n) is 6.02. The van der Waals surface area contributed by atoms with E-state index in [4.69, 9.17) is 26.2 Å². The molecule has 0 fully saturated rings. The Labute approximate surface area is 184 Å². The molecule has 2 aromatic carbocycles. The van der Waals surface area contributed by atoms with E-state index in [0.29, 0.717) is 11.3 Å². The number of hydrogen-bond acceptors (Lipinski definition) is 6. The van der Waals surface area contributed by atoms with Gasteiger partial charge in [0.25, 0.3) is 5.84 Å². The summed E-state index contributed by atoms with van der Waals surface area (Å²) in [5, 5.41) is 25.5. The standard InChI is InChI=1S/C16H16N4O5S.C2HF3O2/c17-15(18)11-2-1-3-13(8-11)26(24,25)19-9-14(21)20-12-6-4-10(5-7-12)16(22)23;3-2(4,5)1(6)7/h1-8,19H,9H2,(H3,17,18)(H,20,21)(H,22,23);(H,6,7). The van der Waals surface area contributed by atoms with E-state index < -0.39 is 40.6 Å². The minimum absolute atomic E-state index is 0.0235. The third-order valence-corrected chi connectivity index (χ3v) is 4.95. The molecule has 11 nitrogen and oxygen atoms in total. The number of carboxylic acids is 2. The number of aromatic carboxylic acids is 1. The Morgan fingerprint density at radius 2 is 1.61 bits per heavy atom. The van der Waals surface area contributed by atoms with Crippen molar-refractivity contribution in [2.45, 2.75) is 11.1 Å². The SMILES string of the molecule is NC(=[NH2+])c1cccc(S(=O)(=O)NCC(=O)Nc2ccc(C(=O)O)cc2)c1.O=C([O-])C(F)(F)F. The van der Waals surface area contributed by atoms with Crippen molar-refractivity contribution in [3.05, 3.63) is 59.7 Å². The Kier molecular flexibility index (Phi) is 9.06. The second kappa shape index (κ2) is 11.1. The van der Waals surface area contributed by atoms with Crippen molar-refractivity contribution < 1.29 is 51.6 Å². The molecule has 0 aliphatic carbocycles. The number of anilines is 1. The fraction of sp³-hybridized carbons (Fsp3) is 0.111. The van der Waals surface area contributed by atoms with Gasteiger partial charge in [-0.3, -0.25) is 15.9 Å². The summed E-state index contributed by atoms with van der Waals surface area (Å²) in [5.41, 5.74) is 6.21. The predicted molar refractivity (Wildman–Crippen MR) is 105 cm³/mol. The number of halogens is 3. The molecule has 0 spiro atoms. The molecule has 0 aromatic heterocycles. The van der Waals surface area contributed by atoms with Crippen LogP contribution in [0, 0.1) is 0 Å². The summed E-state index contributed by atoms with van der Waals surface area (Å²) in [6, 6.07) is 11.1. The summed E-state index contributed by atoms with van der Waals surface area (Å²) in [7, 11) is -3.93. The van der Waals surface area contributed by atoms with Crippen LogP contribution in [0.5, 0.6) is 0 Å². The van der Waals surface area contributed by atoms with E-state index in [1.165, 1.54) is 42.5 Å². The molecule has 0 bridgehead atoms. The van der Waals surface area contributed by atoms with Crippen LogP contribution in [0.15, 0.2) is 53.4 Å². The van der Waals surface area contributed by atoms with Crippen LogP contribution in [-0.4, -0.2) is 49.9 Å². The van der Waals surface area contributed by atoms with Gasteiger partial charge in [0.05, 0.1) is 22.6 Å². The number of hydrogen-bond donors (Lipinski definition) is 5. The number of alkyl halides is 3. The molecule has 2 aromatic rings. The third-order valence-electron chi connectivity index (χ3n) is 3.55. The lowest BCUT2D eigenvalue weighted by atomic mass is 10.2. The summed E-state index contributed by atoms with van der Waals surface area (Å²) in [4.78, 5) is 31.4. The first kappa shape index (κ1) is 27.1. The first-order valence-corrected chi connectivity index (χ1v) is 10.0. The number of nitrogens with one attached hydrogen (secondary N) is 2. The molecular formula is C18H17F3N4O7S. The summed E-state index contributed by atoms with van der Waals surface area (Å²) in [6.07, 6.45) is -5.19. The highest BCUT2D eigenvalue weighted by Crippen LogP contribution is 2.12. The molecule has 15 heteroatoms. The van der Waals surface area contributed by atoms with Crippen molar-refractivity contribution in [3.63, 3.8) is 0 Å². The lowest BCUT2D eigenvalue weighted by Gasteiger charge is -2.08.